The van der Waals surface area contributed by atoms with E-state index in [1.165, 1.54) is 0 Å². The molecule has 0 bridgehead atoms. The second-order valence-corrected chi connectivity index (χ2v) is 5.62. The molecular formula is C11H16IN3O. The first kappa shape index (κ1) is 11.9. The van der Waals surface area contributed by atoms with Gasteiger partial charge in [0.2, 0.25) is 0 Å². The molecule has 88 valence electrons. The summed E-state index contributed by atoms with van der Waals surface area (Å²) < 4.78 is 1.04. The van der Waals surface area contributed by atoms with Gasteiger partial charge in [-0.05, 0) is 41.5 Å². The van der Waals surface area contributed by atoms with Gasteiger partial charge < -0.3 is 16.0 Å². The van der Waals surface area contributed by atoms with E-state index >= 15 is 0 Å². The van der Waals surface area contributed by atoms with Crippen molar-refractivity contribution in [3.05, 3.63) is 21.5 Å². The van der Waals surface area contributed by atoms with E-state index in [4.69, 9.17) is 5.73 Å². The molecular weight excluding hydrogens is 317 g/mol. The maximum absolute atomic E-state index is 12.0. The summed E-state index contributed by atoms with van der Waals surface area (Å²) >= 11 is 2.18. The number of hydrogen-bond donors (Lipinski definition) is 3. The molecule has 0 radical (unpaired) electrons. The van der Waals surface area contributed by atoms with Gasteiger partial charge in [0.1, 0.15) is 5.69 Å². The third-order valence-electron chi connectivity index (χ3n) is 3.22. The molecule has 1 aromatic rings. The quantitative estimate of drug-likeness (QED) is 0.736. The summed E-state index contributed by atoms with van der Waals surface area (Å²) in [5.41, 5.74) is 6.22. The van der Waals surface area contributed by atoms with Crippen molar-refractivity contribution in [2.45, 2.75) is 31.2 Å². The van der Waals surface area contributed by atoms with E-state index in [2.05, 4.69) is 32.9 Å². The lowest BCUT2D eigenvalue weighted by atomic mass is 9.97. The molecule has 1 aliphatic rings. The number of halogens is 1. The van der Waals surface area contributed by atoms with Crippen LogP contribution in [0.5, 0.6) is 0 Å². The average Bonchev–Trinajstić information content (AvgIpc) is 2.88. The third kappa shape index (κ3) is 2.40. The van der Waals surface area contributed by atoms with Crippen LogP contribution in [0.3, 0.4) is 0 Å². The Balaban J connectivity index is 2.06. The zero-order valence-electron chi connectivity index (χ0n) is 9.05. The van der Waals surface area contributed by atoms with Crippen LogP contribution in [-0.2, 0) is 0 Å². The first-order chi connectivity index (χ1) is 7.65. The average molecular weight is 333 g/mol. The molecule has 0 atom stereocenters. The van der Waals surface area contributed by atoms with Gasteiger partial charge in [-0.25, -0.2) is 0 Å². The number of nitrogens with one attached hydrogen (secondary N) is 2. The maximum Gasteiger partial charge on any atom is 0.268 e. The van der Waals surface area contributed by atoms with Crippen LogP contribution in [0.15, 0.2) is 12.3 Å². The Morgan fingerprint density at radius 3 is 2.75 bits per heavy atom. The molecule has 4 N–H and O–H groups in total. The van der Waals surface area contributed by atoms with Crippen molar-refractivity contribution in [1.29, 1.82) is 0 Å². The fraction of sp³-hybridized carbons (Fsp3) is 0.545. The lowest BCUT2D eigenvalue weighted by Gasteiger charge is -2.28. The Bertz CT molecular complexity index is 382. The first-order valence-corrected chi connectivity index (χ1v) is 6.60. The van der Waals surface area contributed by atoms with Gasteiger partial charge in [0.25, 0.3) is 5.91 Å². The molecule has 16 heavy (non-hydrogen) atoms. The molecule has 2 rings (SSSR count). The normalized spacial score (nSPS) is 18.6. The van der Waals surface area contributed by atoms with Crippen molar-refractivity contribution in [3.8, 4) is 0 Å². The molecule has 0 aliphatic heterocycles. The lowest BCUT2D eigenvalue weighted by molar-refractivity contribution is 0.0898. The minimum absolute atomic E-state index is 0.0460. The first-order valence-electron chi connectivity index (χ1n) is 5.52. The number of rotatable bonds is 3. The maximum atomic E-state index is 12.0. The summed E-state index contributed by atoms with van der Waals surface area (Å²) in [4.78, 5) is 14.9. The summed E-state index contributed by atoms with van der Waals surface area (Å²) in [6, 6.07) is 1.84. The van der Waals surface area contributed by atoms with E-state index in [1.54, 1.807) is 0 Å². The highest BCUT2D eigenvalue weighted by atomic mass is 127. The molecule has 4 nitrogen and oxygen atoms in total. The number of carbonyl (C=O) groups is 1. The summed E-state index contributed by atoms with van der Waals surface area (Å²) in [6.45, 7) is 0.524. The lowest BCUT2D eigenvalue weighted by Crippen LogP contribution is -2.51. The number of aromatic amines is 1. The van der Waals surface area contributed by atoms with Crippen molar-refractivity contribution >= 4 is 28.5 Å². The Morgan fingerprint density at radius 2 is 2.25 bits per heavy atom. The fourth-order valence-corrected chi connectivity index (χ4v) is 2.71. The fourth-order valence-electron chi connectivity index (χ4n) is 2.24. The second kappa shape index (κ2) is 4.75. The van der Waals surface area contributed by atoms with E-state index in [0.717, 1.165) is 29.3 Å². The monoisotopic (exact) mass is 333 g/mol. The van der Waals surface area contributed by atoms with E-state index in [1.807, 2.05) is 12.3 Å². The number of hydrogen-bond acceptors (Lipinski definition) is 2. The van der Waals surface area contributed by atoms with E-state index in [-0.39, 0.29) is 11.4 Å². The molecule has 0 aromatic carbocycles. The number of H-pyrrole nitrogens is 1. The van der Waals surface area contributed by atoms with E-state index in [0.29, 0.717) is 12.2 Å². The molecule has 5 heteroatoms. The zero-order chi connectivity index (χ0) is 11.6. The van der Waals surface area contributed by atoms with Crippen molar-refractivity contribution in [2.75, 3.05) is 6.54 Å². The van der Waals surface area contributed by atoms with Crippen LogP contribution < -0.4 is 11.1 Å². The van der Waals surface area contributed by atoms with Gasteiger partial charge >= 0.3 is 0 Å². The van der Waals surface area contributed by atoms with Crippen LogP contribution in [0.4, 0.5) is 0 Å². The number of carbonyl (C=O) groups excluding carboxylic acids is 1. The van der Waals surface area contributed by atoms with Crippen LogP contribution in [0.25, 0.3) is 0 Å². The predicted octanol–water partition coefficient (Wildman–Crippen LogP) is 1.62. The Labute approximate surface area is 109 Å². The number of aromatic nitrogens is 1. The minimum Gasteiger partial charge on any atom is -0.356 e. The molecule has 0 unspecified atom stereocenters. The van der Waals surface area contributed by atoms with Crippen LogP contribution in [0, 0.1) is 3.57 Å². The van der Waals surface area contributed by atoms with Gasteiger partial charge in [-0.1, -0.05) is 12.8 Å². The van der Waals surface area contributed by atoms with Crippen molar-refractivity contribution in [2.24, 2.45) is 5.73 Å². The summed E-state index contributed by atoms with van der Waals surface area (Å²) in [7, 11) is 0. The largest absolute Gasteiger partial charge is 0.356 e. The van der Waals surface area contributed by atoms with Crippen LogP contribution in [0.1, 0.15) is 36.2 Å². The Hall–Kier alpha value is -0.560. The molecule has 1 aromatic heterocycles. The molecule has 0 spiro atoms. The number of nitrogens with two attached hydrogens (primary N) is 1. The van der Waals surface area contributed by atoms with Gasteiger partial charge in [0.15, 0.2) is 0 Å². The molecule has 1 saturated carbocycles. The van der Waals surface area contributed by atoms with Gasteiger partial charge in [-0.2, -0.15) is 0 Å². The van der Waals surface area contributed by atoms with Crippen LogP contribution in [0.2, 0.25) is 0 Å². The summed E-state index contributed by atoms with van der Waals surface area (Å²) in [5, 5.41) is 3.07. The predicted molar refractivity (Wildman–Crippen MR) is 71.2 cm³/mol. The second-order valence-electron chi connectivity index (χ2n) is 4.38. The zero-order valence-corrected chi connectivity index (χ0v) is 11.2. The number of amides is 1. The van der Waals surface area contributed by atoms with Crippen molar-refractivity contribution in [3.63, 3.8) is 0 Å². The van der Waals surface area contributed by atoms with Gasteiger partial charge in [-0.15, -0.1) is 0 Å². The molecule has 0 saturated heterocycles. The summed E-state index contributed by atoms with van der Waals surface area (Å²) in [5.74, 6) is -0.0460. The van der Waals surface area contributed by atoms with E-state index < -0.39 is 0 Å². The summed E-state index contributed by atoms with van der Waals surface area (Å²) in [6.07, 6.45) is 6.11. The highest BCUT2D eigenvalue weighted by Gasteiger charge is 2.34. The Morgan fingerprint density at radius 1 is 1.56 bits per heavy atom. The van der Waals surface area contributed by atoms with Crippen LogP contribution in [-0.4, -0.2) is 23.0 Å². The van der Waals surface area contributed by atoms with Gasteiger partial charge in [0, 0.05) is 16.3 Å². The van der Waals surface area contributed by atoms with Crippen molar-refractivity contribution < 1.29 is 4.79 Å². The minimum atomic E-state index is -0.173. The standard InChI is InChI=1S/C11H16IN3O/c12-8-5-9(14-6-8)10(16)15-11(7-13)3-1-2-4-11/h5-6,14H,1-4,7,13H2,(H,15,16). The Kier molecular flexibility index (Phi) is 3.53. The van der Waals surface area contributed by atoms with Crippen LogP contribution >= 0.6 is 22.6 Å². The molecule has 1 fully saturated rings. The van der Waals surface area contributed by atoms with E-state index in [9.17, 15) is 4.79 Å². The van der Waals surface area contributed by atoms with Gasteiger partial charge in [0.05, 0.1) is 5.54 Å². The molecule has 1 amide bonds. The highest BCUT2D eigenvalue weighted by molar-refractivity contribution is 14.1. The van der Waals surface area contributed by atoms with Gasteiger partial charge in [-0.3, -0.25) is 4.79 Å². The smallest absolute Gasteiger partial charge is 0.268 e. The topological polar surface area (TPSA) is 70.9 Å². The molecule has 1 heterocycles. The van der Waals surface area contributed by atoms with Crippen molar-refractivity contribution in [1.82, 2.24) is 10.3 Å². The third-order valence-corrected chi connectivity index (χ3v) is 3.85. The SMILES string of the molecule is NCC1(NC(=O)c2cc(I)c[nH]2)CCCC1. The molecule has 1 aliphatic carbocycles. The highest BCUT2D eigenvalue weighted by Crippen LogP contribution is 2.28.